The molecule has 0 spiro atoms. The topological polar surface area (TPSA) is 93.9 Å². The first-order chi connectivity index (χ1) is 16.7. The van der Waals surface area contributed by atoms with Gasteiger partial charge in [-0.3, -0.25) is 4.79 Å². The largest absolute Gasteiger partial charge is 0.322 e. The SMILES string of the molecule is CSc1cccc(NC(=O)c2cc(-c3ccc(C)cc3)nc3c2c(C)nn3C2CCS(=O)(=O)C2)c1. The summed E-state index contributed by atoms with van der Waals surface area (Å²) in [6.07, 6.45) is 2.47. The molecule has 1 saturated heterocycles. The third-order valence-corrected chi connectivity index (χ3v) is 8.79. The number of rotatable bonds is 5. The third-order valence-electron chi connectivity index (χ3n) is 6.31. The number of carbonyl (C=O) groups excluding carboxylic acids is 1. The van der Waals surface area contributed by atoms with Gasteiger partial charge in [0.25, 0.3) is 5.91 Å². The lowest BCUT2D eigenvalue weighted by Gasteiger charge is -2.13. The van der Waals surface area contributed by atoms with Gasteiger partial charge in [-0.25, -0.2) is 18.1 Å². The molecule has 1 aliphatic rings. The molecule has 0 saturated carbocycles. The second-order valence-corrected chi connectivity index (χ2v) is 12.0. The van der Waals surface area contributed by atoms with E-state index in [1.165, 1.54) is 0 Å². The number of nitrogens with one attached hydrogen (secondary N) is 1. The van der Waals surface area contributed by atoms with Crippen molar-refractivity contribution < 1.29 is 13.2 Å². The molecule has 5 rings (SSSR count). The van der Waals surface area contributed by atoms with Crippen LogP contribution in [0.2, 0.25) is 0 Å². The van der Waals surface area contributed by atoms with Gasteiger partial charge in [0.2, 0.25) is 0 Å². The lowest BCUT2D eigenvalue weighted by molar-refractivity contribution is 0.102. The number of pyridine rings is 1. The molecule has 0 radical (unpaired) electrons. The first-order valence-electron chi connectivity index (χ1n) is 11.4. The molecule has 1 unspecified atom stereocenters. The Balaban J connectivity index is 1.66. The van der Waals surface area contributed by atoms with Gasteiger partial charge in [0.05, 0.1) is 39.9 Å². The molecule has 1 N–H and O–H groups in total. The van der Waals surface area contributed by atoms with Gasteiger partial charge < -0.3 is 5.32 Å². The van der Waals surface area contributed by atoms with Crippen molar-refractivity contribution in [2.45, 2.75) is 31.2 Å². The lowest BCUT2D eigenvalue weighted by atomic mass is 10.0. The van der Waals surface area contributed by atoms with E-state index in [0.29, 0.717) is 40.1 Å². The number of sulfone groups is 1. The second-order valence-electron chi connectivity index (χ2n) is 8.89. The van der Waals surface area contributed by atoms with E-state index in [1.807, 2.05) is 68.6 Å². The van der Waals surface area contributed by atoms with Crippen molar-refractivity contribution in [3.8, 4) is 11.3 Å². The summed E-state index contributed by atoms with van der Waals surface area (Å²) in [6.45, 7) is 3.85. The minimum atomic E-state index is -3.11. The summed E-state index contributed by atoms with van der Waals surface area (Å²) in [6, 6.07) is 17.1. The number of anilines is 1. The van der Waals surface area contributed by atoms with Crippen molar-refractivity contribution in [2.24, 2.45) is 0 Å². The van der Waals surface area contributed by atoms with E-state index < -0.39 is 9.84 Å². The molecule has 35 heavy (non-hydrogen) atoms. The van der Waals surface area contributed by atoms with Crippen molar-refractivity contribution >= 4 is 44.2 Å². The van der Waals surface area contributed by atoms with Crippen LogP contribution in [0.5, 0.6) is 0 Å². The number of thioether (sulfide) groups is 1. The third kappa shape index (κ3) is 4.70. The molecule has 2 aromatic heterocycles. The summed E-state index contributed by atoms with van der Waals surface area (Å²) in [4.78, 5) is 19.5. The van der Waals surface area contributed by atoms with Crippen LogP contribution in [0.15, 0.2) is 59.5 Å². The minimum absolute atomic E-state index is 0.0304. The van der Waals surface area contributed by atoms with Crippen LogP contribution in [0.25, 0.3) is 22.3 Å². The minimum Gasteiger partial charge on any atom is -0.322 e. The lowest BCUT2D eigenvalue weighted by Crippen LogP contribution is -2.15. The average Bonchev–Trinajstić information content (AvgIpc) is 3.37. The molecule has 4 aromatic rings. The number of amides is 1. The van der Waals surface area contributed by atoms with Gasteiger partial charge >= 0.3 is 0 Å². The highest BCUT2D eigenvalue weighted by Crippen LogP contribution is 2.32. The summed E-state index contributed by atoms with van der Waals surface area (Å²) in [5, 5.41) is 8.33. The average molecular weight is 507 g/mol. The summed E-state index contributed by atoms with van der Waals surface area (Å²) in [7, 11) is -3.11. The fraction of sp³-hybridized carbons (Fsp3) is 0.269. The van der Waals surface area contributed by atoms with Gasteiger partial charge in [0.15, 0.2) is 15.5 Å². The standard InChI is InChI=1S/C26H26N4O3S2/c1-16-7-9-18(10-8-16)23-14-22(26(31)27-19-5-4-6-21(13-19)34-3)24-17(2)29-30(25(24)28-23)20-11-12-35(32,33)15-20/h4-10,13-14,20H,11-12,15H2,1-3H3,(H,27,31). The monoisotopic (exact) mass is 506 g/mol. The fourth-order valence-corrected chi connectivity index (χ4v) is 6.64. The van der Waals surface area contributed by atoms with Gasteiger partial charge in [0, 0.05) is 16.1 Å². The molecule has 9 heteroatoms. The predicted octanol–water partition coefficient (Wildman–Crippen LogP) is 5.05. The van der Waals surface area contributed by atoms with Gasteiger partial charge in [-0.15, -0.1) is 11.8 Å². The van der Waals surface area contributed by atoms with Gasteiger partial charge in [0.1, 0.15) is 0 Å². The maximum atomic E-state index is 13.6. The Kier molecular flexibility index (Phi) is 6.14. The normalized spacial score (nSPS) is 17.1. The molecule has 2 aromatic carbocycles. The smallest absolute Gasteiger partial charge is 0.256 e. The Bertz CT molecular complexity index is 1540. The maximum absolute atomic E-state index is 13.6. The number of hydrogen-bond acceptors (Lipinski definition) is 6. The van der Waals surface area contributed by atoms with E-state index in [9.17, 15) is 13.2 Å². The highest BCUT2D eigenvalue weighted by atomic mass is 32.2. The summed E-state index contributed by atoms with van der Waals surface area (Å²) in [5.41, 5.74) is 4.99. The van der Waals surface area contributed by atoms with Gasteiger partial charge in [-0.05, 0) is 50.8 Å². The quantitative estimate of drug-likeness (QED) is 0.381. The van der Waals surface area contributed by atoms with Crippen LogP contribution >= 0.6 is 11.8 Å². The number of hydrogen-bond donors (Lipinski definition) is 1. The van der Waals surface area contributed by atoms with E-state index >= 15 is 0 Å². The molecule has 180 valence electrons. The zero-order valence-electron chi connectivity index (χ0n) is 19.8. The predicted molar refractivity (Wildman–Crippen MR) is 141 cm³/mol. The fourth-order valence-electron chi connectivity index (χ4n) is 4.49. The second kappa shape index (κ2) is 9.13. The number of carbonyl (C=O) groups is 1. The Morgan fingerprint density at radius 1 is 1.11 bits per heavy atom. The molecule has 1 atom stereocenters. The van der Waals surface area contributed by atoms with Crippen LogP contribution in [-0.4, -0.2) is 46.9 Å². The molecular weight excluding hydrogens is 480 g/mol. The maximum Gasteiger partial charge on any atom is 0.256 e. The zero-order valence-corrected chi connectivity index (χ0v) is 21.4. The van der Waals surface area contributed by atoms with E-state index in [2.05, 4.69) is 10.4 Å². The molecular formula is C26H26N4O3S2. The number of benzene rings is 2. The van der Waals surface area contributed by atoms with Crippen molar-refractivity contribution in [1.82, 2.24) is 14.8 Å². The van der Waals surface area contributed by atoms with Crippen LogP contribution in [0.3, 0.4) is 0 Å². The number of nitrogens with zero attached hydrogens (tertiary/aromatic N) is 3. The molecule has 0 aliphatic carbocycles. The van der Waals surface area contributed by atoms with Crippen LogP contribution in [0.1, 0.15) is 34.1 Å². The summed E-state index contributed by atoms with van der Waals surface area (Å²) in [5.74, 6) is -0.0944. The van der Waals surface area contributed by atoms with Crippen molar-refractivity contribution in [2.75, 3.05) is 23.1 Å². The molecule has 1 amide bonds. The van der Waals surface area contributed by atoms with E-state index in [0.717, 1.165) is 16.0 Å². The Morgan fingerprint density at radius 3 is 2.57 bits per heavy atom. The van der Waals surface area contributed by atoms with Crippen molar-refractivity contribution in [3.05, 3.63) is 71.4 Å². The van der Waals surface area contributed by atoms with E-state index in [-0.39, 0.29) is 23.5 Å². The zero-order chi connectivity index (χ0) is 24.7. The molecule has 3 heterocycles. The summed E-state index contributed by atoms with van der Waals surface area (Å²) >= 11 is 1.61. The van der Waals surface area contributed by atoms with Crippen molar-refractivity contribution in [3.63, 3.8) is 0 Å². The summed E-state index contributed by atoms with van der Waals surface area (Å²) < 4.78 is 26.1. The molecule has 0 bridgehead atoms. The molecule has 1 fully saturated rings. The van der Waals surface area contributed by atoms with Gasteiger partial charge in [-0.1, -0.05) is 35.9 Å². The Morgan fingerprint density at radius 2 is 1.89 bits per heavy atom. The first kappa shape index (κ1) is 23.6. The molecule has 7 nitrogen and oxygen atoms in total. The van der Waals surface area contributed by atoms with E-state index in [4.69, 9.17) is 4.98 Å². The van der Waals surface area contributed by atoms with Crippen LogP contribution < -0.4 is 5.32 Å². The van der Waals surface area contributed by atoms with Crippen molar-refractivity contribution in [1.29, 1.82) is 0 Å². The molecule has 1 aliphatic heterocycles. The highest BCUT2D eigenvalue weighted by Gasteiger charge is 2.32. The van der Waals surface area contributed by atoms with Crippen LogP contribution in [0, 0.1) is 13.8 Å². The first-order valence-corrected chi connectivity index (χ1v) is 14.4. The Hall–Kier alpha value is -3.17. The van der Waals surface area contributed by atoms with Gasteiger partial charge in [-0.2, -0.15) is 5.10 Å². The highest BCUT2D eigenvalue weighted by molar-refractivity contribution is 7.98. The Labute approximate surface area is 208 Å². The number of aromatic nitrogens is 3. The number of aryl methyl sites for hydroxylation is 2. The number of fused-ring (bicyclic) bond motifs is 1. The van der Waals surface area contributed by atoms with Crippen LogP contribution in [0.4, 0.5) is 5.69 Å². The van der Waals surface area contributed by atoms with Crippen LogP contribution in [-0.2, 0) is 9.84 Å². The van der Waals surface area contributed by atoms with E-state index in [1.54, 1.807) is 22.5 Å².